The molecule has 0 aliphatic heterocycles. The van der Waals surface area contributed by atoms with Crippen molar-refractivity contribution in [2.45, 2.75) is 32.9 Å². The van der Waals surface area contributed by atoms with Gasteiger partial charge >= 0.3 is 0 Å². The van der Waals surface area contributed by atoms with Gasteiger partial charge in [0.2, 0.25) is 0 Å². The van der Waals surface area contributed by atoms with Crippen molar-refractivity contribution in [3.05, 3.63) is 51.5 Å². The minimum Gasteiger partial charge on any atom is -0.494 e. The summed E-state index contributed by atoms with van der Waals surface area (Å²) in [5.41, 5.74) is 0.928. The van der Waals surface area contributed by atoms with E-state index in [1.807, 2.05) is 17.4 Å². The Morgan fingerprint density at radius 2 is 2.10 bits per heavy atom. The summed E-state index contributed by atoms with van der Waals surface area (Å²) in [7, 11) is 1.47. The minimum absolute atomic E-state index is 0.288. The molecular formula is C16H20FNOS. The number of benzene rings is 1. The van der Waals surface area contributed by atoms with Gasteiger partial charge in [-0.2, -0.15) is 0 Å². The third kappa shape index (κ3) is 4.05. The molecule has 108 valence electrons. The molecule has 4 heteroatoms. The third-order valence-electron chi connectivity index (χ3n) is 3.17. The standard InChI is InChI=1S/C16H20FNOS/c1-11(8-14-6-4-12(2)20-14)18-10-13-5-7-16(19-3)15(17)9-13/h4-7,9,11,18H,8,10H2,1-3H3. The molecule has 1 aromatic carbocycles. The maximum Gasteiger partial charge on any atom is 0.165 e. The van der Waals surface area contributed by atoms with Crippen molar-refractivity contribution in [2.75, 3.05) is 7.11 Å². The Morgan fingerprint density at radius 1 is 1.30 bits per heavy atom. The fourth-order valence-corrected chi connectivity index (χ4v) is 3.10. The summed E-state index contributed by atoms with van der Waals surface area (Å²) in [6.07, 6.45) is 0.997. The largest absolute Gasteiger partial charge is 0.494 e. The molecule has 1 aromatic heterocycles. The van der Waals surface area contributed by atoms with Gasteiger partial charge in [0.15, 0.2) is 11.6 Å². The van der Waals surface area contributed by atoms with Crippen molar-refractivity contribution < 1.29 is 9.13 Å². The van der Waals surface area contributed by atoms with Gasteiger partial charge in [0.1, 0.15) is 0 Å². The molecule has 1 N–H and O–H groups in total. The molecular weight excluding hydrogens is 273 g/mol. The lowest BCUT2D eigenvalue weighted by molar-refractivity contribution is 0.386. The van der Waals surface area contributed by atoms with Crippen molar-refractivity contribution in [1.82, 2.24) is 5.32 Å². The predicted octanol–water partition coefficient (Wildman–Crippen LogP) is 3.93. The van der Waals surface area contributed by atoms with Crippen molar-refractivity contribution >= 4 is 11.3 Å². The quantitative estimate of drug-likeness (QED) is 0.871. The summed E-state index contributed by atoms with van der Waals surface area (Å²) in [5.74, 6) is -0.0239. The first-order valence-corrected chi connectivity index (χ1v) is 7.51. The average Bonchev–Trinajstić information content (AvgIpc) is 2.82. The van der Waals surface area contributed by atoms with E-state index in [0.29, 0.717) is 12.6 Å². The summed E-state index contributed by atoms with van der Waals surface area (Å²) in [6, 6.07) is 9.75. The number of ether oxygens (including phenoxy) is 1. The van der Waals surface area contributed by atoms with Crippen molar-refractivity contribution in [3.63, 3.8) is 0 Å². The highest BCUT2D eigenvalue weighted by Gasteiger charge is 2.07. The van der Waals surface area contributed by atoms with Crippen molar-refractivity contribution in [2.24, 2.45) is 0 Å². The number of methoxy groups -OCH3 is 1. The second kappa shape index (κ2) is 6.86. The molecule has 0 radical (unpaired) electrons. The lowest BCUT2D eigenvalue weighted by atomic mass is 10.1. The van der Waals surface area contributed by atoms with E-state index in [1.165, 1.54) is 22.9 Å². The minimum atomic E-state index is -0.312. The lowest BCUT2D eigenvalue weighted by Gasteiger charge is -2.13. The van der Waals surface area contributed by atoms with Gasteiger partial charge in [0.25, 0.3) is 0 Å². The van der Waals surface area contributed by atoms with Crippen LogP contribution in [0.5, 0.6) is 5.75 Å². The molecule has 2 aromatic rings. The number of halogens is 1. The zero-order chi connectivity index (χ0) is 14.5. The third-order valence-corrected chi connectivity index (χ3v) is 4.20. The second-order valence-electron chi connectivity index (χ2n) is 4.97. The molecule has 1 atom stereocenters. The molecule has 0 amide bonds. The van der Waals surface area contributed by atoms with Crippen LogP contribution >= 0.6 is 11.3 Å². The van der Waals surface area contributed by atoms with E-state index in [-0.39, 0.29) is 11.6 Å². The summed E-state index contributed by atoms with van der Waals surface area (Å²) in [6.45, 7) is 4.92. The van der Waals surface area contributed by atoms with Crippen LogP contribution in [-0.4, -0.2) is 13.2 Å². The van der Waals surface area contributed by atoms with Crippen LogP contribution in [0.25, 0.3) is 0 Å². The van der Waals surface area contributed by atoms with Crippen LogP contribution in [0.1, 0.15) is 22.2 Å². The first-order chi connectivity index (χ1) is 9.58. The molecule has 1 heterocycles. The fraction of sp³-hybridized carbons (Fsp3) is 0.375. The average molecular weight is 293 g/mol. The zero-order valence-corrected chi connectivity index (χ0v) is 12.9. The molecule has 2 rings (SSSR count). The van der Waals surface area contributed by atoms with Crippen molar-refractivity contribution in [3.8, 4) is 5.75 Å². The van der Waals surface area contributed by atoms with Gasteiger partial charge in [-0.15, -0.1) is 11.3 Å². The van der Waals surface area contributed by atoms with Crippen LogP contribution in [0.3, 0.4) is 0 Å². The van der Waals surface area contributed by atoms with E-state index >= 15 is 0 Å². The van der Waals surface area contributed by atoms with E-state index in [4.69, 9.17) is 4.74 Å². The van der Waals surface area contributed by atoms with Crippen LogP contribution in [0.15, 0.2) is 30.3 Å². The summed E-state index contributed by atoms with van der Waals surface area (Å²) >= 11 is 1.83. The summed E-state index contributed by atoms with van der Waals surface area (Å²) in [4.78, 5) is 2.72. The SMILES string of the molecule is COc1ccc(CNC(C)Cc2ccc(C)s2)cc1F. The number of nitrogens with one attached hydrogen (secondary N) is 1. The van der Waals surface area contributed by atoms with Gasteiger partial charge in [-0.1, -0.05) is 6.07 Å². The van der Waals surface area contributed by atoms with Gasteiger partial charge < -0.3 is 10.1 Å². The molecule has 1 unspecified atom stereocenters. The highest BCUT2D eigenvalue weighted by Crippen LogP contribution is 2.19. The number of rotatable bonds is 6. The molecule has 0 spiro atoms. The fourth-order valence-electron chi connectivity index (χ4n) is 2.08. The first-order valence-electron chi connectivity index (χ1n) is 6.69. The van der Waals surface area contributed by atoms with E-state index in [2.05, 4.69) is 31.3 Å². The molecule has 0 aliphatic carbocycles. The molecule has 0 saturated heterocycles. The number of hydrogen-bond donors (Lipinski definition) is 1. The Labute approximate surface area is 123 Å². The van der Waals surface area contributed by atoms with Crippen LogP contribution in [0.2, 0.25) is 0 Å². The number of aryl methyl sites for hydroxylation is 1. The van der Waals surface area contributed by atoms with Gasteiger partial charge in [0.05, 0.1) is 7.11 Å². The van der Waals surface area contributed by atoms with Crippen LogP contribution in [-0.2, 0) is 13.0 Å². The predicted molar refractivity (Wildman–Crippen MR) is 82.0 cm³/mol. The normalized spacial score (nSPS) is 12.4. The van der Waals surface area contributed by atoms with Gasteiger partial charge in [0, 0.05) is 22.3 Å². The number of thiophene rings is 1. The lowest BCUT2D eigenvalue weighted by Crippen LogP contribution is -2.27. The topological polar surface area (TPSA) is 21.3 Å². The Kier molecular flexibility index (Phi) is 5.15. The molecule has 0 fully saturated rings. The van der Waals surface area contributed by atoms with E-state index in [1.54, 1.807) is 6.07 Å². The Morgan fingerprint density at radius 3 is 2.70 bits per heavy atom. The summed E-state index contributed by atoms with van der Waals surface area (Å²) < 4.78 is 18.5. The highest BCUT2D eigenvalue weighted by atomic mass is 32.1. The van der Waals surface area contributed by atoms with E-state index in [9.17, 15) is 4.39 Å². The molecule has 2 nitrogen and oxygen atoms in total. The molecule has 0 aliphatic rings. The monoisotopic (exact) mass is 293 g/mol. The maximum atomic E-state index is 13.6. The second-order valence-corrected chi connectivity index (χ2v) is 6.34. The molecule has 0 bridgehead atoms. The smallest absolute Gasteiger partial charge is 0.165 e. The van der Waals surface area contributed by atoms with E-state index < -0.39 is 0 Å². The van der Waals surface area contributed by atoms with Gasteiger partial charge in [-0.05, 0) is 50.1 Å². The van der Waals surface area contributed by atoms with Crippen LogP contribution < -0.4 is 10.1 Å². The number of hydrogen-bond acceptors (Lipinski definition) is 3. The van der Waals surface area contributed by atoms with Gasteiger partial charge in [-0.25, -0.2) is 4.39 Å². The maximum absolute atomic E-state index is 13.6. The Hall–Kier alpha value is -1.39. The van der Waals surface area contributed by atoms with Crippen molar-refractivity contribution in [1.29, 1.82) is 0 Å². The highest BCUT2D eigenvalue weighted by molar-refractivity contribution is 7.11. The molecule has 0 saturated carbocycles. The Bertz CT molecular complexity index is 567. The van der Waals surface area contributed by atoms with Crippen LogP contribution in [0.4, 0.5) is 4.39 Å². The van der Waals surface area contributed by atoms with E-state index in [0.717, 1.165) is 12.0 Å². The van der Waals surface area contributed by atoms with Crippen LogP contribution in [0, 0.1) is 12.7 Å². The summed E-state index contributed by atoms with van der Waals surface area (Å²) in [5, 5.41) is 3.42. The van der Waals surface area contributed by atoms with Gasteiger partial charge in [-0.3, -0.25) is 0 Å². The Balaban J connectivity index is 1.86. The molecule has 20 heavy (non-hydrogen) atoms. The zero-order valence-electron chi connectivity index (χ0n) is 12.1. The first kappa shape index (κ1) is 15.0.